The van der Waals surface area contributed by atoms with Crippen molar-refractivity contribution in [1.29, 1.82) is 0 Å². The summed E-state index contributed by atoms with van der Waals surface area (Å²) in [5.41, 5.74) is 3.02. The van der Waals surface area contributed by atoms with E-state index in [9.17, 15) is 5.21 Å². The number of hydroxylamine groups is 1. The smallest absolute Gasteiger partial charge is 0.228 e. The molecular weight excluding hydrogens is 357 g/mol. The van der Waals surface area contributed by atoms with Crippen molar-refractivity contribution in [2.45, 2.75) is 12.8 Å². The van der Waals surface area contributed by atoms with Gasteiger partial charge in [0, 0.05) is 17.1 Å². The molecule has 25 heavy (non-hydrogen) atoms. The molecule has 6 heteroatoms. The van der Waals surface area contributed by atoms with Crippen molar-refractivity contribution in [3.8, 4) is 0 Å². The van der Waals surface area contributed by atoms with E-state index in [4.69, 9.17) is 16.6 Å². The third-order valence-electron chi connectivity index (χ3n) is 4.35. The third-order valence-corrected chi connectivity index (χ3v) is 4.59. The maximum absolute atomic E-state index is 12.9. The molecule has 0 saturated heterocycles. The second kappa shape index (κ2) is 7.46. The standard InChI is InChI=1S/C19H18ClN3O.ClH/c20-15-8-9-17-16(10-15)19(14-4-2-1-3-5-14)23(24)12-18(22-17)21-11-13-6-7-13;/h1-5,8-10,13H,6-7,11-12H2,(H,21,22);1H. The first-order chi connectivity index (χ1) is 11.7. The number of amidine groups is 1. The Morgan fingerprint density at radius 3 is 2.64 bits per heavy atom. The number of benzene rings is 2. The summed E-state index contributed by atoms with van der Waals surface area (Å²) in [6.07, 6.45) is 2.52. The molecule has 1 aliphatic heterocycles. The lowest BCUT2D eigenvalue weighted by molar-refractivity contribution is -0.439. The molecule has 0 radical (unpaired) electrons. The van der Waals surface area contributed by atoms with Crippen LogP contribution in [0.2, 0.25) is 5.02 Å². The normalized spacial score (nSPS) is 16.4. The van der Waals surface area contributed by atoms with E-state index in [-0.39, 0.29) is 19.0 Å². The predicted octanol–water partition coefficient (Wildman–Crippen LogP) is 4.15. The first-order valence-electron chi connectivity index (χ1n) is 8.19. The van der Waals surface area contributed by atoms with Gasteiger partial charge in [0.25, 0.3) is 0 Å². The van der Waals surface area contributed by atoms with Gasteiger partial charge in [-0.1, -0.05) is 29.8 Å². The van der Waals surface area contributed by atoms with E-state index in [1.54, 1.807) is 0 Å². The number of nitrogens with zero attached hydrogens (tertiary/aromatic N) is 2. The maximum atomic E-state index is 12.9. The summed E-state index contributed by atoms with van der Waals surface area (Å²) in [5.74, 6) is 1.43. The Labute approximate surface area is 158 Å². The van der Waals surface area contributed by atoms with Crippen LogP contribution in [0.25, 0.3) is 0 Å². The van der Waals surface area contributed by atoms with E-state index in [0.29, 0.717) is 16.6 Å². The average molecular weight is 376 g/mol. The van der Waals surface area contributed by atoms with Crippen molar-refractivity contribution in [1.82, 2.24) is 5.32 Å². The summed E-state index contributed by atoms with van der Waals surface area (Å²) in [6.45, 7) is 1.10. The van der Waals surface area contributed by atoms with Crippen LogP contribution in [0.3, 0.4) is 0 Å². The molecule has 2 aromatic carbocycles. The van der Waals surface area contributed by atoms with Crippen molar-refractivity contribution in [3.05, 3.63) is 69.9 Å². The number of nitrogens with one attached hydrogen (secondary N) is 1. The molecule has 0 amide bonds. The lowest BCUT2D eigenvalue weighted by Gasteiger charge is -2.11. The number of hydrogen-bond donors (Lipinski definition) is 1. The number of hydrogen-bond acceptors (Lipinski definition) is 3. The van der Waals surface area contributed by atoms with Crippen molar-refractivity contribution in [3.63, 3.8) is 0 Å². The van der Waals surface area contributed by atoms with Crippen LogP contribution in [0.5, 0.6) is 0 Å². The van der Waals surface area contributed by atoms with E-state index in [1.165, 1.54) is 12.8 Å². The Morgan fingerprint density at radius 1 is 1.16 bits per heavy atom. The summed E-state index contributed by atoms with van der Waals surface area (Å²) in [5, 5.41) is 16.8. The van der Waals surface area contributed by atoms with Gasteiger partial charge in [-0.3, -0.25) is 0 Å². The minimum absolute atomic E-state index is 0. The fourth-order valence-corrected chi connectivity index (χ4v) is 3.07. The molecule has 0 aromatic heterocycles. The van der Waals surface area contributed by atoms with Gasteiger partial charge in [0.1, 0.15) is 0 Å². The molecule has 4 nitrogen and oxygen atoms in total. The summed E-state index contributed by atoms with van der Waals surface area (Å²) in [6, 6.07) is 15.2. The summed E-state index contributed by atoms with van der Waals surface area (Å²) < 4.78 is 1.01. The number of halogens is 2. The van der Waals surface area contributed by atoms with Crippen LogP contribution in [0, 0.1) is 11.1 Å². The van der Waals surface area contributed by atoms with Crippen LogP contribution in [0.15, 0.2) is 53.5 Å². The molecule has 2 aromatic rings. The molecule has 0 unspecified atom stereocenters. The van der Waals surface area contributed by atoms with Crippen LogP contribution in [0.1, 0.15) is 24.0 Å². The Morgan fingerprint density at radius 2 is 1.92 bits per heavy atom. The molecule has 1 N–H and O–H groups in total. The number of fused-ring (bicyclic) bond motifs is 1. The summed E-state index contributed by atoms with van der Waals surface area (Å²) >= 11 is 6.18. The molecule has 1 fully saturated rings. The Kier molecular flexibility index (Phi) is 5.30. The van der Waals surface area contributed by atoms with Crippen molar-refractivity contribution in [2.24, 2.45) is 10.9 Å². The van der Waals surface area contributed by atoms with Crippen molar-refractivity contribution in [2.75, 3.05) is 13.1 Å². The van der Waals surface area contributed by atoms with Crippen LogP contribution < -0.4 is 5.32 Å². The highest BCUT2D eigenvalue weighted by Crippen LogP contribution is 2.29. The van der Waals surface area contributed by atoms with E-state index < -0.39 is 0 Å². The fraction of sp³-hybridized carbons (Fsp3) is 0.263. The second-order valence-corrected chi connectivity index (χ2v) is 6.73. The van der Waals surface area contributed by atoms with Crippen LogP contribution in [-0.4, -0.2) is 29.4 Å². The monoisotopic (exact) mass is 375 g/mol. The summed E-state index contributed by atoms with van der Waals surface area (Å²) in [7, 11) is 0. The highest BCUT2D eigenvalue weighted by atomic mass is 35.5. The third kappa shape index (κ3) is 3.97. The van der Waals surface area contributed by atoms with Gasteiger partial charge in [-0.15, -0.1) is 12.4 Å². The Bertz CT molecular complexity index is 830. The predicted molar refractivity (Wildman–Crippen MR) is 105 cm³/mol. The van der Waals surface area contributed by atoms with Gasteiger partial charge in [0.2, 0.25) is 12.3 Å². The average Bonchev–Trinajstić information content (AvgIpc) is 3.40. The lowest BCUT2D eigenvalue weighted by Crippen LogP contribution is -2.33. The first kappa shape index (κ1) is 17.8. The molecule has 2 aliphatic rings. The van der Waals surface area contributed by atoms with Crippen molar-refractivity contribution >= 4 is 41.2 Å². The molecule has 0 bridgehead atoms. The number of aliphatic imine (C=N–C) groups is 1. The zero-order chi connectivity index (χ0) is 16.5. The van der Waals surface area contributed by atoms with Crippen LogP contribution in [-0.2, 0) is 0 Å². The van der Waals surface area contributed by atoms with Gasteiger partial charge in [-0.2, -0.15) is 4.74 Å². The SMILES string of the molecule is Cl.[O-][N+]1=C(c2ccccc2)c2cc(Cl)ccc2N=C(NCC2CC2)C1. The topological polar surface area (TPSA) is 50.5 Å². The minimum atomic E-state index is 0. The molecule has 1 aliphatic carbocycles. The van der Waals surface area contributed by atoms with Gasteiger partial charge < -0.3 is 10.5 Å². The molecule has 0 spiro atoms. The molecule has 4 rings (SSSR count). The first-order valence-corrected chi connectivity index (χ1v) is 8.57. The second-order valence-electron chi connectivity index (χ2n) is 6.30. The van der Waals surface area contributed by atoms with E-state index in [1.807, 2.05) is 48.5 Å². The zero-order valence-corrected chi connectivity index (χ0v) is 15.2. The highest BCUT2D eigenvalue weighted by Gasteiger charge is 2.26. The van der Waals surface area contributed by atoms with E-state index in [0.717, 1.165) is 34.0 Å². The fourth-order valence-electron chi connectivity index (χ4n) is 2.90. The van der Waals surface area contributed by atoms with Gasteiger partial charge in [0.15, 0.2) is 5.84 Å². The van der Waals surface area contributed by atoms with Crippen molar-refractivity contribution < 1.29 is 4.74 Å². The Hall–Kier alpha value is -2.04. The maximum Gasteiger partial charge on any atom is 0.228 e. The van der Waals surface area contributed by atoms with Gasteiger partial charge in [0.05, 0.1) is 11.3 Å². The quantitative estimate of drug-likeness (QED) is 0.646. The minimum Gasteiger partial charge on any atom is -0.623 e. The summed E-state index contributed by atoms with van der Waals surface area (Å²) in [4.78, 5) is 4.69. The van der Waals surface area contributed by atoms with Crippen LogP contribution in [0.4, 0.5) is 5.69 Å². The largest absolute Gasteiger partial charge is 0.623 e. The Balaban J connectivity index is 0.00000182. The molecule has 130 valence electrons. The zero-order valence-electron chi connectivity index (χ0n) is 13.6. The lowest BCUT2D eigenvalue weighted by atomic mass is 10.0. The molecular formula is C19H19Cl2N3O. The van der Waals surface area contributed by atoms with Gasteiger partial charge >= 0.3 is 0 Å². The molecule has 1 saturated carbocycles. The van der Waals surface area contributed by atoms with Gasteiger partial charge in [-0.05, 0) is 49.1 Å². The van der Waals surface area contributed by atoms with E-state index >= 15 is 0 Å². The van der Waals surface area contributed by atoms with Crippen LogP contribution >= 0.6 is 24.0 Å². The van der Waals surface area contributed by atoms with E-state index in [2.05, 4.69) is 5.32 Å². The molecule has 0 atom stereocenters. The number of rotatable bonds is 3. The van der Waals surface area contributed by atoms with Gasteiger partial charge in [-0.25, -0.2) is 4.99 Å². The molecule has 1 heterocycles. The highest BCUT2D eigenvalue weighted by molar-refractivity contribution is 6.31.